The Morgan fingerprint density at radius 3 is 2.48 bits per heavy atom. The lowest BCUT2D eigenvalue weighted by atomic mass is 10.0. The van der Waals surface area contributed by atoms with Gasteiger partial charge in [-0.1, -0.05) is 31.5 Å². The van der Waals surface area contributed by atoms with E-state index in [1.165, 1.54) is 0 Å². The fourth-order valence-electron chi connectivity index (χ4n) is 5.74. The SMILES string of the molecule is CCOC(=O)CCCCCC(=O)Nc1ccc2c(c1)C(=O)N([C@@H](C)CO)C[C@@H](C)[C@H](CN(C)C(=O)Nc1ccccc1)OCCCC[C@H](C)O2. The molecule has 2 aromatic carbocycles. The number of hydrogen-bond acceptors (Lipinski definition) is 8. The van der Waals surface area contributed by atoms with Gasteiger partial charge in [-0.05, 0) is 83.2 Å². The number of aliphatic hydroxyl groups excluding tert-OH is 1. The minimum Gasteiger partial charge on any atom is -0.490 e. The number of carbonyl (C=O) groups excluding carboxylic acids is 4. The number of nitrogens with zero attached hydrogens (tertiary/aromatic N) is 2. The van der Waals surface area contributed by atoms with E-state index in [2.05, 4.69) is 10.6 Å². The maximum Gasteiger partial charge on any atom is 0.321 e. The van der Waals surface area contributed by atoms with Gasteiger partial charge in [0.25, 0.3) is 5.91 Å². The van der Waals surface area contributed by atoms with Gasteiger partial charge in [0.2, 0.25) is 5.91 Å². The molecule has 1 aliphatic rings. The Labute approximate surface area is 296 Å². The molecule has 0 saturated carbocycles. The van der Waals surface area contributed by atoms with E-state index in [1.54, 1.807) is 48.9 Å². The second-order valence-corrected chi connectivity index (χ2v) is 13.1. The summed E-state index contributed by atoms with van der Waals surface area (Å²) in [5.74, 6) is -0.578. The molecule has 0 aliphatic carbocycles. The summed E-state index contributed by atoms with van der Waals surface area (Å²) in [5, 5.41) is 16.0. The largest absolute Gasteiger partial charge is 0.490 e. The van der Waals surface area contributed by atoms with E-state index in [9.17, 15) is 24.3 Å². The fourth-order valence-corrected chi connectivity index (χ4v) is 5.74. The third kappa shape index (κ3) is 13.3. The molecule has 50 heavy (non-hydrogen) atoms. The van der Waals surface area contributed by atoms with Crippen LogP contribution in [0.1, 0.15) is 89.4 Å². The summed E-state index contributed by atoms with van der Waals surface area (Å²) in [7, 11) is 1.72. The molecule has 0 saturated heterocycles. The highest BCUT2D eigenvalue weighted by Gasteiger charge is 2.31. The van der Waals surface area contributed by atoms with Crippen LogP contribution in [0, 0.1) is 5.92 Å². The lowest BCUT2D eigenvalue weighted by Gasteiger charge is -2.35. The number of para-hydroxylation sites is 1. The Bertz CT molecular complexity index is 1370. The maximum absolute atomic E-state index is 14.4. The van der Waals surface area contributed by atoms with E-state index < -0.39 is 6.04 Å². The smallest absolute Gasteiger partial charge is 0.321 e. The molecule has 2 aromatic rings. The normalized spacial score (nSPS) is 19.3. The molecule has 0 radical (unpaired) electrons. The zero-order valence-electron chi connectivity index (χ0n) is 30.3. The van der Waals surface area contributed by atoms with Gasteiger partial charge in [-0.25, -0.2) is 4.79 Å². The van der Waals surface area contributed by atoms with E-state index in [4.69, 9.17) is 14.2 Å². The third-order valence-electron chi connectivity index (χ3n) is 8.75. The van der Waals surface area contributed by atoms with Crippen LogP contribution in [0.2, 0.25) is 0 Å². The molecule has 3 N–H and O–H groups in total. The summed E-state index contributed by atoms with van der Waals surface area (Å²) in [5.41, 5.74) is 1.43. The molecule has 3 rings (SSSR count). The van der Waals surface area contributed by atoms with Gasteiger partial charge >= 0.3 is 12.0 Å². The van der Waals surface area contributed by atoms with E-state index in [-0.39, 0.29) is 67.1 Å². The molecule has 0 fully saturated rings. The summed E-state index contributed by atoms with van der Waals surface area (Å²) < 4.78 is 17.6. The van der Waals surface area contributed by atoms with E-state index in [0.29, 0.717) is 62.6 Å². The first kappa shape index (κ1) is 40.3. The second-order valence-electron chi connectivity index (χ2n) is 13.1. The van der Waals surface area contributed by atoms with Crippen molar-refractivity contribution in [3.8, 4) is 5.75 Å². The highest BCUT2D eigenvalue weighted by atomic mass is 16.5. The number of benzene rings is 2. The number of esters is 1. The Balaban J connectivity index is 1.78. The topological polar surface area (TPSA) is 147 Å². The lowest BCUT2D eigenvalue weighted by molar-refractivity contribution is -0.143. The Kier molecular flexibility index (Phi) is 17.0. The minimum absolute atomic E-state index is 0.189. The first-order valence-corrected chi connectivity index (χ1v) is 17.9. The van der Waals surface area contributed by atoms with Crippen LogP contribution >= 0.6 is 0 Å². The van der Waals surface area contributed by atoms with Crippen molar-refractivity contribution in [2.75, 3.05) is 50.6 Å². The molecule has 276 valence electrons. The van der Waals surface area contributed by atoms with Gasteiger partial charge in [-0.15, -0.1) is 0 Å². The molecule has 1 heterocycles. The van der Waals surface area contributed by atoms with Gasteiger partial charge in [0.15, 0.2) is 0 Å². The monoisotopic (exact) mass is 696 g/mol. The van der Waals surface area contributed by atoms with Crippen molar-refractivity contribution in [3.63, 3.8) is 0 Å². The van der Waals surface area contributed by atoms with Gasteiger partial charge in [0, 0.05) is 56.9 Å². The highest BCUT2D eigenvalue weighted by molar-refractivity contribution is 5.99. The molecular formula is C38H56N4O8. The number of urea groups is 1. The average Bonchev–Trinajstić information content (AvgIpc) is 3.09. The van der Waals surface area contributed by atoms with Crippen molar-refractivity contribution >= 4 is 35.2 Å². The number of aliphatic hydroxyl groups is 1. The predicted octanol–water partition coefficient (Wildman–Crippen LogP) is 6.10. The number of ether oxygens (including phenoxy) is 3. The van der Waals surface area contributed by atoms with Crippen molar-refractivity contribution in [3.05, 3.63) is 54.1 Å². The van der Waals surface area contributed by atoms with Crippen molar-refractivity contribution in [2.45, 2.75) is 97.3 Å². The van der Waals surface area contributed by atoms with Gasteiger partial charge < -0.3 is 39.8 Å². The number of nitrogens with one attached hydrogen (secondary N) is 2. The summed E-state index contributed by atoms with van der Waals surface area (Å²) in [6.07, 6.45) is 4.38. The maximum atomic E-state index is 14.4. The standard InChI is InChI=1S/C38H56N4O8/c1-6-48-36(45)19-12-8-11-18-35(44)39-31-20-21-33-32(23-31)37(46)42(28(3)26-43)24-27(2)34(49-22-14-13-15-29(4)50-33)25-41(5)38(47)40-30-16-9-7-10-17-30/h7,9-10,16-17,20-21,23,27-29,34,43H,6,8,11-15,18-19,22,24-26H2,1-5H3,(H,39,44)(H,40,47)/t27-,28+,29+,34+/m1/s1. The van der Waals surface area contributed by atoms with Gasteiger partial charge in [0.05, 0.1) is 37.0 Å². The number of amides is 4. The molecule has 4 amide bonds. The molecular weight excluding hydrogens is 640 g/mol. The van der Waals surface area contributed by atoms with Crippen LogP contribution in [0.15, 0.2) is 48.5 Å². The zero-order valence-corrected chi connectivity index (χ0v) is 30.3. The van der Waals surface area contributed by atoms with E-state index in [1.807, 2.05) is 44.2 Å². The molecule has 4 atom stereocenters. The first-order valence-electron chi connectivity index (χ1n) is 17.9. The number of unbranched alkanes of at least 4 members (excludes halogenated alkanes) is 2. The second kappa shape index (κ2) is 21.1. The van der Waals surface area contributed by atoms with Crippen molar-refractivity contribution in [1.82, 2.24) is 9.80 Å². The molecule has 12 heteroatoms. The van der Waals surface area contributed by atoms with Gasteiger partial charge in [0.1, 0.15) is 5.75 Å². The number of carbonyl (C=O) groups is 4. The molecule has 0 bridgehead atoms. The molecule has 1 aliphatic heterocycles. The molecule has 0 unspecified atom stereocenters. The predicted molar refractivity (Wildman–Crippen MR) is 193 cm³/mol. The summed E-state index contributed by atoms with van der Waals surface area (Å²) in [4.78, 5) is 55.0. The lowest BCUT2D eigenvalue weighted by Crippen LogP contribution is -2.48. The van der Waals surface area contributed by atoms with Crippen LogP contribution in [0.4, 0.5) is 16.2 Å². The van der Waals surface area contributed by atoms with Crippen molar-refractivity contribution in [2.24, 2.45) is 5.92 Å². The third-order valence-corrected chi connectivity index (χ3v) is 8.75. The molecule has 0 spiro atoms. The summed E-state index contributed by atoms with van der Waals surface area (Å²) in [6.45, 7) is 8.61. The summed E-state index contributed by atoms with van der Waals surface area (Å²) in [6, 6.07) is 13.5. The molecule has 12 nitrogen and oxygen atoms in total. The average molecular weight is 697 g/mol. The van der Waals surface area contributed by atoms with Gasteiger partial charge in [-0.3, -0.25) is 14.4 Å². The highest BCUT2D eigenvalue weighted by Crippen LogP contribution is 2.29. The van der Waals surface area contributed by atoms with Crippen LogP contribution in [0.5, 0.6) is 5.75 Å². The van der Waals surface area contributed by atoms with Crippen LogP contribution in [0.25, 0.3) is 0 Å². The van der Waals surface area contributed by atoms with Crippen molar-refractivity contribution in [1.29, 1.82) is 0 Å². The molecule has 0 aromatic heterocycles. The zero-order chi connectivity index (χ0) is 36.5. The van der Waals surface area contributed by atoms with Crippen LogP contribution in [0.3, 0.4) is 0 Å². The number of rotatable bonds is 13. The van der Waals surface area contributed by atoms with Crippen molar-refractivity contribution < 1.29 is 38.5 Å². The summed E-state index contributed by atoms with van der Waals surface area (Å²) >= 11 is 0. The number of anilines is 2. The van der Waals surface area contributed by atoms with Crippen LogP contribution in [-0.2, 0) is 19.1 Å². The van der Waals surface area contributed by atoms with E-state index >= 15 is 0 Å². The van der Waals surface area contributed by atoms with Gasteiger partial charge in [-0.2, -0.15) is 0 Å². The Morgan fingerprint density at radius 1 is 1.02 bits per heavy atom. The van der Waals surface area contributed by atoms with Crippen LogP contribution < -0.4 is 15.4 Å². The number of fused-ring (bicyclic) bond motifs is 1. The fraction of sp³-hybridized carbons (Fsp3) is 0.579. The van der Waals surface area contributed by atoms with E-state index in [0.717, 1.165) is 19.3 Å². The first-order chi connectivity index (χ1) is 24.0. The van der Waals surface area contributed by atoms with Crippen LogP contribution in [-0.4, -0.2) is 96.9 Å². The minimum atomic E-state index is -0.532. The Morgan fingerprint density at radius 2 is 1.76 bits per heavy atom. The number of likely N-dealkylation sites (N-methyl/N-ethyl adjacent to an activating group) is 1. The quantitative estimate of drug-likeness (QED) is 0.168. The Hall–Kier alpha value is -4.16. The number of hydrogen-bond donors (Lipinski definition) is 3.